The lowest BCUT2D eigenvalue weighted by molar-refractivity contribution is -0.0190. The van der Waals surface area contributed by atoms with Gasteiger partial charge in [0.05, 0.1) is 11.8 Å². The Balaban J connectivity index is 1.59. The van der Waals surface area contributed by atoms with E-state index in [1.807, 2.05) is 36.4 Å². The zero-order valence-electron chi connectivity index (χ0n) is 15.3. The number of fused-ring (bicyclic) bond motifs is 3. The van der Waals surface area contributed by atoms with E-state index in [1.54, 1.807) is 0 Å². The molecule has 140 valence electrons. The SMILES string of the molecule is Cc1ccc(C2=NN3[C@@H](c4ccc(Cl)cc4)Oc4ccc(Br)cc4[C@@H]3C2)cc1. The third-order valence-electron chi connectivity index (χ3n) is 5.29. The van der Waals surface area contributed by atoms with E-state index >= 15 is 0 Å². The minimum absolute atomic E-state index is 0.137. The van der Waals surface area contributed by atoms with Crippen LogP contribution in [0.3, 0.4) is 0 Å². The van der Waals surface area contributed by atoms with Gasteiger partial charge in [0.1, 0.15) is 5.75 Å². The molecule has 0 N–H and O–H groups in total. The Kier molecular flexibility index (Phi) is 4.41. The molecule has 0 spiro atoms. The second kappa shape index (κ2) is 6.94. The number of halogens is 2. The predicted octanol–water partition coefficient (Wildman–Crippen LogP) is 6.65. The Morgan fingerprint density at radius 2 is 1.79 bits per heavy atom. The molecule has 0 bridgehead atoms. The van der Waals surface area contributed by atoms with Crippen molar-refractivity contribution in [2.75, 3.05) is 0 Å². The lowest BCUT2D eigenvalue weighted by Gasteiger charge is -2.38. The number of nitrogens with zero attached hydrogens (tertiary/aromatic N) is 2. The Morgan fingerprint density at radius 1 is 1.04 bits per heavy atom. The average molecular weight is 454 g/mol. The van der Waals surface area contributed by atoms with Gasteiger partial charge >= 0.3 is 0 Å². The highest BCUT2D eigenvalue weighted by Gasteiger charge is 2.41. The fourth-order valence-electron chi connectivity index (χ4n) is 3.83. The van der Waals surface area contributed by atoms with Crippen molar-refractivity contribution in [3.05, 3.63) is 98.5 Å². The van der Waals surface area contributed by atoms with Gasteiger partial charge in [0.25, 0.3) is 0 Å². The van der Waals surface area contributed by atoms with Gasteiger partial charge in [0.2, 0.25) is 6.23 Å². The van der Waals surface area contributed by atoms with E-state index in [1.165, 1.54) is 5.56 Å². The summed E-state index contributed by atoms with van der Waals surface area (Å²) in [6.07, 6.45) is 0.568. The molecule has 2 aliphatic rings. The maximum atomic E-state index is 6.39. The Morgan fingerprint density at radius 3 is 2.54 bits per heavy atom. The number of hydrogen-bond donors (Lipinski definition) is 0. The summed E-state index contributed by atoms with van der Waals surface area (Å²) < 4.78 is 7.43. The van der Waals surface area contributed by atoms with E-state index in [0.29, 0.717) is 5.02 Å². The number of ether oxygens (including phenoxy) is 1. The first-order chi connectivity index (χ1) is 13.6. The van der Waals surface area contributed by atoms with Crippen molar-refractivity contribution in [3.8, 4) is 5.75 Å². The minimum atomic E-state index is -0.279. The first kappa shape index (κ1) is 17.8. The van der Waals surface area contributed by atoms with Crippen molar-refractivity contribution in [1.82, 2.24) is 5.01 Å². The van der Waals surface area contributed by atoms with E-state index in [9.17, 15) is 0 Å². The van der Waals surface area contributed by atoms with Gasteiger partial charge in [-0.1, -0.05) is 69.5 Å². The Labute approximate surface area is 177 Å². The molecule has 2 aliphatic heterocycles. The molecule has 0 radical (unpaired) electrons. The number of rotatable bonds is 2. The third-order valence-corrected chi connectivity index (χ3v) is 6.04. The third kappa shape index (κ3) is 3.11. The topological polar surface area (TPSA) is 24.8 Å². The Hall–Kier alpha value is -2.30. The van der Waals surface area contributed by atoms with Crippen LogP contribution in [0.4, 0.5) is 0 Å². The van der Waals surface area contributed by atoms with Crippen molar-refractivity contribution in [1.29, 1.82) is 0 Å². The molecule has 3 aromatic rings. The zero-order chi connectivity index (χ0) is 19.3. The van der Waals surface area contributed by atoms with Gasteiger partial charge in [-0.05, 0) is 42.8 Å². The maximum absolute atomic E-state index is 6.39. The first-order valence-electron chi connectivity index (χ1n) is 9.23. The summed E-state index contributed by atoms with van der Waals surface area (Å²) in [5.74, 6) is 0.907. The van der Waals surface area contributed by atoms with E-state index < -0.39 is 0 Å². The molecular weight excluding hydrogens is 436 g/mol. The second-order valence-electron chi connectivity index (χ2n) is 7.22. The van der Waals surface area contributed by atoms with Gasteiger partial charge < -0.3 is 4.74 Å². The van der Waals surface area contributed by atoms with Crippen LogP contribution in [-0.4, -0.2) is 10.7 Å². The van der Waals surface area contributed by atoms with E-state index in [2.05, 4.69) is 58.2 Å². The normalized spacial score (nSPS) is 20.2. The van der Waals surface area contributed by atoms with Gasteiger partial charge in [0, 0.05) is 27.0 Å². The average Bonchev–Trinajstić information content (AvgIpc) is 3.14. The lowest BCUT2D eigenvalue weighted by Crippen LogP contribution is -2.33. The summed E-state index contributed by atoms with van der Waals surface area (Å²) in [4.78, 5) is 0. The monoisotopic (exact) mass is 452 g/mol. The smallest absolute Gasteiger partial charge is 0.213 e. The molecule has 5 heteroatoms. The van der Waals surface area contributed by atoms with Crippen LogP contribution in [0.2, 0.25) is 5.02 Å². The van der Waals surface area contributed by atoms with E-state index in [4.69, 9.17) is 21.4 Å². The van der Waals surface area contributed by atoms with Crippen LogP contribution in [0.5, 0.6) is 5.75 Å². The van der Waals surface area contributed by atoms with Crippen LogP contribution in [0.25, 0.3) is 0 Å². The van der Waals surface area contributed by atoms with Crippen LogP contribution in [0.1, 0.15) is 40.9 Å². The van der Waals surface area contributed by atoms with Gasteiger partial charge in [-0.2, -0.15) is 5.10 Å². The summed E-state index contributed by atoms with van der Waals surface area (Å²) in [7, 11) is 0. The molecule has 2 atom stereocenters. The fraction of sp³-hybridized carbons (Fsp3) is 0.174. The lowest BCUT2D eigenvalue weighted by atomic mass is 9.95. The number of benzene rings is 3. The quantitative estimate of drug-likeness (QED) is 0.434. The molecule has 5 rings (SSSR count). The molecule has 0 fully saturated rings. The standard InChI is InChI=1S/C23H18BrClN2O/c1-14-2-4-15(5-3-14)20-13-21-19-12-17(24)8-11-22(19)28-23(27(21)26-20)16-6-9-18(25)10-7-16/h2-12,21,23H,13H2,1H3/t21-,23+/m0/s1. The highest BCUT2D eigenvalue weighted by molar-refractivity contribution is 9.10. The number of hydrogen-bond acceptors (Lipinski definition) is 3. The van der Waals surface area contributed by atoms with Gasteiger partial charge in [-0.25, -0.2) is 5.01 Å². The van der Waals surface area contributed by atoms with Crippen LogP contribution in [0, 0.1) is 6.92 Å². The van der Waals surface area contributed by atoms with Crippen molar-refractivity contribution in [2.24, 2.45) is 5.10 Å². The molecule has 28 heavy (non-hydrogen) atoms. The number of aryl methyl sites for hydroxylation is 1. The maximum Gasteiger partial charge on any atom is 0.213 e. The largest absolute Gasteiger partial charge is 0.464 e. The van der Waals surface area contributed by atoms with Gasteiger partial charge in [-0.15, -0.1) is 0 Å². The fourth-order valence-corrected chi connectivity index (χ4v) is 4.33. The highest BCUT2D eigenvalue weighted by atomic mass is 79.9. The highest BCUT2D eigenvalue weighted by Crippen LogP contribution is 2.48. The van der Waals surface area contributed by atoms with E-state index in [0.717, 1.165) is 39.0 Å². The zero-order valence-corrected chi connectivity index (χ0v) is 17.6. The van der Waals surface area contributed by atoms with Crippen molar-refractivity contribution in [3.63, 3.8) is 0 Å². The van der Waals surface area contributed by atoms with Crippen LogP contribution in [0.15, 0.2) is 76.3 Å². The molecular formula is C23H18BrClN2O. The molecule has 3 nitrogen and oxygen atoms in total. The van der Waals surface area contributed by atoms with E-state index in [-0.39, 0.29) is 12.3 Å². The molecule has 0 unspecified atom stereocenters. The van der Waals surface area contributed by atoms with Crippen molar-refractivity contribution >= 4 is 33.2 Å². The summed E-state index contributed by atoms with van der Waals surface area (Å²) >= 11 is 9.69. The van der Waals surface area contributed by atoms with Crippen molar-refractivity contribution < 1.29 is 4.74 Å². The van der Waals surface area contributed by atoms with Gasteiger partial charge in [0.15, 0.2) is 0 Å². The minimum Gasteiger partial charge on any atom is -0.464 e. The first-order valence-corrected chi connectivity index (χ1v) is 10.4. The molecule has 0 amide bonds. The summed E-state index contributed by atoms with van der Waals surface area (Å²) in [6.45, 7) is 2.10. The van der Waals surface area contributed by atoms with Crippen molar-refractivity contribution in [2.45, 2.75) is 25.6 Å². The summed E-state index contributed by atoms with van der Waals surface area (Å²) in [6, 6.07) is 22.7. The second-order valence-corrected chi connectivity index (χ2v) is 8.57. The van der Waals surface area contributed by atoms with Crippen LogP contribution in [-0.2, 0) is 0 Å². The molecule has 0 saturated carbocycles. The molecule has 0 aromatic heterocycles. The molecule has 0 aliphatic carbocycles. The number of hydrazone groups is 1. The Bertz CT molecular complexity index is 1060. The summed E-state index contributed by atoms with van der Waals surface area (Å²) in [5.41, 5.74) is 5.69. The van der Waals surface area contributed by atoms with Crippen LogP contribution >= 0.6 is 27.5 Å². The van der Waals surface area contributed by atoms with Crippen LogP contribution < -0.4 is 4.74 Å². The van der Waals surface area contributed by atoms with Gasteiger partial charge in [-0.3, -0.25) is 0 Å². The molecule has 0 saturated heterocycles. The molecule has 3 aromatic carbocycles. The predicted molar refractivity (Wildman–Crippen MR) is 116 cm³/mol. The molecule has 2 heterocycles. The summed E-state index contributed by atoms with van der Waals surface area (Å²) in [5, 5.41) is 7.80.